The number of nitrogens with zero attached hydrogens (tertiary/aromatic N) is 3. The number of allylic oxidation sites excluding steroid dienone is 1. The molecule has 1 aromatic heterocycles. The Labute approximate surface area is 161 Å². The molecule has 0 aromatic carbocycles. The second-order valence-electron chi connectivity index (χ2n) is 8.27. The molecule has 8 heteroatoms. The molecule has 0 radical (unpaired) electrons. The van der Waals surface area contributed by atoms with Gasteiger partial charge in [0.05, 0.1) is 0 Å². The summed E-state index contributed by atoms with van der Waals surface area (Å²) in [7, 11) is 0. The molecule has 8 nitrogen and oxygen atoms in total. The van der Waals surface area contributed by atoms with Crippen LogP contribution < -0.4 is 5.32 Å². The van der Waals surface area contributed by atoms with Gasteiger partial charge in [0.15, 0.2) is 5.82 Å². The molecule has 1 unspecified atom stereocenters. The number of hydroxylamine groups is 2. The maximum absolute atomic E-state index is 12.6. The molecule has 1 aromatic rings. The van der Waals surface area contributed by atoms with E-state index in [-0.39, 0.29) is 11.0 Å². The number of hydrogen-bond donors (Lipinski definition) is 2. The Morgan fingerprint density at radius 2 is 1.96 bits per heavy atom. The molecule has 0 saturated heterocycles. The highest BCUT2D eigenvalue weighted by molar-refractivity contribution is 5.94. The van der Waals surface area contributed by atoms with E-state index in [9.17, 15) is 14.8 Å². The fourth-order valence-electron chi connectivity index (χ4n) is 2.61. The molecule has 0 bridgehead atoms. The number of nitrogens with one attached hydrogen (secondary N) is 1. The number of rotatable bonds is 8. The lowest BCUT2D eigenvalue weighted by Crippen LogP contribution is -2.47. The van der Waals surface area contributed by atoms with Crippen molar-refractivity contribution in [2.75, 3.05) is 0 Å². The number of imide groups is 1. The van der Waals surface area contributed by atoms with E-state index >= 15 is 0 Å². The number of carbonyl (C=O) groups is 2. The summed E-state index contributed by atoms with van der Waals surface area (Å²) in [5.74, 6) is -0.0827. The van der Waals surface area contributed by atoms with Crippen LogP contribution in [0.25, 0.3) is 0 Å². The van der Waals surface area contributed by atoms with Crippen molar-refractivity contribution in [2.24, 2.45) is 17.3 Å². The van der Waals surface area contributed by atoms with Gasteiger partial charge in [-0.25, -0.2) is 4.79 Å². The number of aromatic nitrogens is 2. The highest BCUT2D eigenvalue weighted by Crippen LogP contribution is 2.32. The molecule has 0 aliphatic rings. The first-order valence-corrected chi connectivity index (χ1v) is 9.21. The lowest BCUT2D eigenvalue weighted by molar-refractivity contribution is -0.158. The third kappa shape index (κ3) is 6.78. The van der Waals surface area contributed by atoms with Gasteiger partial charge in [0.25, 0.3) is 5.91 Å². The summed E-state index contributed by atoms with van der Waals surface area (Å²) in [5, 5.41) is 16.7. The van der Waals surface area contributed by atoms with Gasteiger partial charge < -0.3 is 9.84 Å². The predicted octanol–water partition coefficient (Wildman–Crippen LogP) is 4.02. The van der Waals surface area contributed by atoms with E-state index in [1.54, 1.807) is 13.0 Å². The zero-order valence-corrected chi connectivity index (χ0v) is 17.2. The molecule has 152 valence electrons. The second kappa shape index (κ2) is 9.64. The maximum atomic E-state index is 12.6. The minimum absolute atomic E-state index is 0.149. The molecule has 3 amide bonds. The van der Waals surface area contributed by atoms with Gasteiger partial charge in [0.2, 0.25) is 5.89 Å². The van der Waals surface area contributed by atoms with E-state index in [0.717, 1.165) is 6.42 Å². The average Bonchev–Trinajstić information content (AvgIpc) is 2.99. The van der Waals surface area contributed by atoms with E-state index in [0.29, 0.717) is 24.6 Å². The molecular formula is C19H32N4O4. The van der Waals surface area contributed by atoms with Gasteiger partial charge in [-0.2, -0.15) is 4.98 Å². The molecule has 1 rings (SSSR count). The van der Waals surface area contributed by atoms with E-state index in [1.165, 1.54) is 0 Å². The molecule has 0 aliphatic carbocycles. The van der Waals surface area contributed by atoms with Crippen LogP contribution in [-0.2, 0) is 4.79 Å². The summed E-state index contributed by atoms with van der Waals surface area (Å²) >= 11 is 0. The third-order valence-electron chi connectivity index (χ3n) is 4.22. The maximum Gasteiger partial charge on any atom is 0.349 e. The molecule has 27 heavy (non-hydrogen) atoms. The number of hydrogen-bond acceptors (Lipinski definition) is 6. The fraction of sp³-hybridized carbons (Fsp3) is 0.684. The number of carbonyl (C=O) groups excluding carboxylic acids is 2. The van der Waals surface area contributed by atoms with Gasteiger partial charge in [-0.3, -0.25) is 10.0 Å². The molecule has 0 fully saturated rings. The van der Waals surface area contributed by atoms with Crippen LogP contribution in [0.4, 0.5) is 4.79 Å². The van der Waals surface area contributed by atoms with Crippen molar-refractivity contribution in [1.29, 1.82) is 0 Å². The Bertz CT molecular complexity index is 648. The van der Waals surface area contributed by atoms with Crippen molar-refractivity contribution < 1.29 is 19.3 Å². The number of amides is 3. The molecule has 1 heterocycles. The zero-order valence-electron chi connectivity index (χ0n) is 17.2. The first-order chi connectivity index (χ1) is 12.5. The summed E-state index contributed by atoms with van der Waals surface area (Å²) in [5.41, 5.74) is -0.476. The van der Waals surface area contributed by atoms with Crippen molar-refractivity contribution in [3.8, 4) is 0 Å². The van der Waals surface area contributed by atoms with Crippen LogP contribution in [0.3, 0.4) is 0 Å². The van der Waals surface area contributed by atoms with Crippen LogP contribution in [0.2, 0.25) is 0 Å². The monoisotopic (exact) mass is 380 g/mol. The van der Waals surface area contributed by atoms with E-state index in [4.69, 9.17) is 4.52 Å². The summed E-state index contributed by atoms with van der Waals surface area (Å²) in [6.07, 6.45) is 3.39. The first-order valence-electron chi connectivity index (χ1n) is 9.21. The second-order valence-corrected chi connectivity index (χ2v) is 8.27. The SMILES string of the molecule is C=CC[C@H](CCC(C)C)C(=O)N(O)C(=O)NC(c1nc(C)no1)C(C)(C)C. The molecule has 0 saturated carbocycles. The van der Waals surface area contributed by atoms with Crippen molar-refractivity contribution in [3.63, 3.8) is 0 Å². The Morgan fingerprint density at radius 1 is 1.33 bits per heavy atom. The lowest BCUT2D eigenvalue weighted by Gasteiger charge is -2.30. The number of urea groups is 1. The summed E-state index contributed by atoms with van der Waals surface area (Å²) in [6, 6.07) is -1.59. The Morgan fingerprint density at radius 3 is 2.41 bits per heavy atom. The molecule has 2 N–H and O–H groups in total. The van der Waals surface area contributed by atoms with E-state index < -0.39 is 29.3 Å². The molecule has 0 spiro atoms. The molecule has 0 aliphatic heterocycles. The van der Waals surface area contributed by atoms with E-state index in [1.807, 2.05) is 20.8 Å². The largest absolute Gasteiger partial charge is 0.349 e. The smallest absolute Gasteiger partial charge is 0.337 e. The Kier molecular flexibility index (Phi) is 8.15. The highest BCUT2D eigenvalue weighted by Gasteiger charge is 2.36. The topological polar surface area (TPSA) is 109 Å². The first kappa shape index (κ1) is 22.8. The van der Waals surface area contributed by atoms with E-state index in [2.05, 4.69) is 35.9 Å². The molecule has 2 atom stereocenters. The van der Waals surface area contributed by atoms with Crippen molar-refractivity contribution in [1.82, 2.24) is 20.5 Å². The third-order valence-corrected chi connectivity index (χ3v) is 4.22. The van der Waals surface area contributed by atoms with Crippen LogP contribution in [0, 0.1) is 24.2 Å². The van der Waals surface area contributed by atoms with Crippen molar-refractivity contribution in [3.05, 3.63) is 24.4 Å². The van der Waals surface area contributed by atoms with Gasteiger partial charge in [-0.15, -0.1) is 11.6 Å². The summed E-state index contributed by atoms with van der Waals surface area (Å²) in [6.45, 7) is 15.1. The van der Waals surface area contributed by atoms with Gasteiger partial charge in [0, 0.05) is 5.92 Å². The van der Waals surface area contributed by atoms with Gasteiger partial charge in [-0.05, 0) is 31.1 Å². The standard InChI is InChI=1S/C19H32N4O4/c1-8-9-14(11-10-12(2)3)17(24)23(26)18(25)21-15(19(5,6)7)16-20-13(4)22-27-16/h8,12,14-15,26H,1,9-11H2,2-7H3,(H,21,25)/t14-,15?/m1/s1. The predicted molar refractivity (Wildman–Crippen MR) is 101 cm³/mol. The Balaban J connectivity index is 2.90. The summed E-state index contributed by atoms with van der Waals surface area (Å²) < 4.78 is 5.17. The minimum Gasteiger partial charge on any atom is -0.337 e. The van der Waals surface area contributed by atoms with Gasteiger partial charge in [0.1, 0.15) is 6.04 Å². The number of aryl methyl sites for hydroxylation is 1. The van der Waals surface area contributed by atoms with Gasteiger partial charge in [-0.1, -0.05) is 52.3 Å². The highest BCUT2D eigenvalue weighted by atomic mass is 16.5. The van der Waals surface area contributed by atoms with Gasteiger partial charge >= 0.3 is 6.03 Å². The lowest BCUT2D eigenvalue weighted by atomic mass is 9.86. The minimum atomic E-state index is -0.922. The van der Waals surface area contributed by atoms with Crippen LogP contribution in [0.5, 0.6) is 0 Å². The molecular weight excluding hydrogens is 348 g/mol. The van der Waals surface area contributed by atoms with Crippen molar-refractivity contribution >= 4 is 11.9 Å². The Hall–Kier alpha value is -2.22. The van der Waals surface area contributed by atoms with Crippen molar-refractivity contribution in [2.45, 2.75) is 66.8 Å². The van der Waals surface area contributed by atoms with Crippen LogP contribution in [0.15, 0.2) is 17.2 Å². The zero-order chi connectivity index (χ0) is 20.8. The summed E-state index contributed by atoms with van der Waals surface area (Å²) in [4.78, 5) is 29.2. The van der Waals surface area contributed by atoms with Crippen LogP contribution in [0.1, 0.15) is 71.6 Å². The fourth-order valence-corrected chi connectivity index (χ4v) is 2.61. The average molecular weight is 380 g/mol. The van der Waals surface area contributed by atoms with Crippen LogP contribution >= 0.6 is 0 Å². The normalized spacial score (nSPS) is 13.9. The quantitative estimate of drug-likeness (QED) is 0.400. The van der Waals surface area contributed by atoms with Crippen LogP contribution in [-0.4, -0.2) is 32.3 Å².